The first kappa shape index (κ1) is 10.3. The lowest BCUT2D eigenvalue weighted by molar-refractivity contribution is -0.188. The number of carbonyl (C=O) groups excluding carboxylic acids is 1. The van der Waals surface area contributed by atoms with E-state index in [1.807, 2.05) is 0 Å². The van der Waals surface area contributed by atoms with Gasteiger partial charge in [-0.3, -0.25) is 4.79 Å². The summed E-state index contributed by atoms with van der Waals surface area (Å²) in [6.07, 6.45) is -4.33. The fourth-order valence-electron chi connectivity index (χ4n) is 1.42. The molecule has 0 aliphatic carbocycles. The number of hydrogen-bond donors (Lipinski definition) is 1. The van der Waals surface area contributed by atoms with Gasteiger partial charge in [0.15, 0.2) is 0 Å². The van der Waals surface area contributed by atoms with Crippen molar-refractivity contribution < 1.29 is 22.7 Å². The molecule has 0 aromatic carbocycles. The first-order valence-corrected chi connectivity index (χ1v) is 3.82. The standard InChI is InChI=1S/C7H10F3NO2/c1-13-6(12)4-2-11-3-5(4)7(8,9)10/h4-5,11H,2-3H2,1H3/t4-,5?/m0/s1. The highest BCUT2D eigenvalue weighted by atomic mass is 19.4. The lowest BCUT2D eigenvalue weighted by Gasteiger charge is -2.18. The van der Waals surface area contributed by atoms with Crippen molar-refractivity contribution >= 4 is 5.97 Å². The van der Waals surface area contributed by atoms with Gasteiger partial charge in [0.05, 0.1) is 18.9 Å². The number of esters is 1. The SMILES string of the molecule is COC(=O)[C@H]1CNCC1C(F)(F)F. The van der Waals surface area contributed by atoms with Crippen LogP contribution in [0.5, 0.6) is 0 Å². The van der Waals surface area contributed by atoms with E-state index in [0.717, 1.165) is 7.11 Å². The van der Waals surface area contributed by atoms with Gasteiger partial charge in [0, 0.05) is 13.1 Å². The maximum absolute atomic E-state index is 12.3. The average molecular weight is 197 g/mol. The summed E-state index contributed by atoms with van der Waals surface area (Å²) in [6.45, 7) is -0.167. The second kappa shape index (κ2) is 3.53. The number of rotatable bonds is 1. The van der Waals surface area contributed by atoms with Gasteiger partial charge in [0.2, 0.25) is 0 Å². The number of alkyl halides is 3. The van der Waals surface area contributed by atoms with E-state index in [1.54, 1.807) is 0 Å². The van der Waals surface area contributed by atoms with Crippen molar-refractivity contribution in [3.63, 3.8) is 0 Å². The predicted octanol–water partition coefficient (Wildman–Crippen LogP) is 0.557. The van der Waals surface area contributed by atoms with Crippen molar-refractivity contribution in [2.24, 2.45) is 11.8 Å². The second-order valence-electron chi connectivity index (χ2n) is 2.94. The van der Waals surface area contributed by atoms with E-state index in [0.29, 0.717) is 0 Å². The van der Waals surface area contributed by atoms with Gasteiger partial charge in [-0.2, -0.15) is 13.2 Å². The van der Waals surface area contributed by atoms with Crippen LogP contribution < -0.4 is 5.32 Å². The van der Waals surface area contributed by atoms with Gasteiger partial charge >= 0.3 is 12.1 Å². The third-order valence-electron chi connectivity index (χ3n) is 2.14. The smallest absolute Gasteiger partial charge is 0.393 e. The quantitative estimate of drug-likeness (QED) is 0.624. The van der Waals surface area contributed by atoms with Crippen molar-refractivity contribution in [3.8, 4) is 0 Å². The Morgan fingerprint density at radius 3 is 2.54 bits per heavy atom. The number of carbonyl (C=O) groups is 1. The van der Waals surface area contributed by atoms with Crippen LogP contribution in [0.4, 0.5) is 13.2 Å². The third kappa shape index (κ3) is 2.12. The van der Waals surface area contributed by atoms with Crippen LogP contribution >= 0.6 is 0 Å². The molecule has 1 fully saturated rings. The number of hydrogen-bond acceptors (Lipinski definition) is 3. The number of ether oxygens (including phenoxy) is 1. The molecule has 76 valence electrons. The topological polar surface area (TPSA) is 38.3 Å². The minimum absolute atomic E-state index is 0.0385. The largest absolute Gasteiger partial charge is 0.469 e. The van der Waals surface area contributed by atoms with Crippen LogP contribution in [0.25, 0.3) is 0 Å². The molecular weight excluding hydrogens is 187 g/mol. The van der Waals surface area contributed by atoms with Crippen LogP contribution in [0, 0.1) is 11.8 Å². The molecule has 0 radical (unpaired) electrons. The van der Waals surface area contributed by atoms with Crippen LogP contribution in [-0.4, -0.2) is 32.3 Å². The molecule has 13 heavy (non-hydrogen) atoms. The zero-order valence-corrected chi connectivity index (χ0v) is 7.02. The lowest BCUT2D eigenvalue weighted by Crippen LogP contribution is -2.34. The van der Waals surface area contributed by atoms with E-state index >= 15 is 0 Å². The Kier molecular flexibility index (Phi) is 2.80. The Morgan fingerprint density at radius 2 is 2.08 bits per heavy atom. The lowest BCUT2D eigenvalue weighted by atomic mass is 9.96. The minimum atomic E-state index is -4.33. The number of halogens is 3. The van der Waals surface area contributed by atoms with Gasteiger partial charge in [-0.15, -0.1) is 0 Å². The predicted molar refractivity (Wildman–Crippen MR) is 37.9 cm³/mol. The Bertz CT molecular complexity index is 204. The van der Waals surface area contributed by atoms with Crippen molar-refractivity contribution in [1.29, 1.82) is 0 Å². The van der Waals surface area contributed by atoms with Gasteiger partial charge in [0.1, 0.15) is 0 Å². The van der Waals surface area contributed by atoms with E-state index in [9.17, 15) is 18.0 Å². The summed E-state index contributed by atoms with van der Waals surface area (Å²) >= 11 is 0. The van der Waals surface area contributed by atoms with Crippen molar-refractivity contribution in [1.82, 2.24) is 5.32 Å². The average Bonchev–Trinajstić information content (AvgIpc) is 2.49. The molecule has 0 amide bonds. The van der Waals surface area contributed by atoms with E-state index in [-0.39, 0.29) is 13.1 Å². The molecule has 1 heterocycles. The van der Waals surface area contributed by atoms with E-state index in [1.165, 1.54) is 0 Å². The molecule has 1 aliphatic heterocycles. The second-order valence-corrected chi connectivity index (χ2v) is 2.94. The summed E-state index contributed by atoms with van der Waals surface area (Å²) in [5.41, 5.74) is 0. The highest BCUT2D eigenvalue weighted by Crippen LogP contribution is 2.34. The summed E-state index contributed by atoms with van der Waals surface area (Å²) in [5.74, 6) is -3.50. The summed E-state index contributed by atoms with van der Waals surface area (Å²) in [7, 11) is 1.09. The molecule has 0 aromatic rings. The highest BCUT2D eigenvalue weighted by molar-refractivity contribution is 5.73. The number of nitrogens with one attached hydrogen (secondary N) is 1. The first-order valence-electron chi connectivity index (χ1n) is 3.82. The molecular formula is C7H10F3NO2. The van der Waals surface area contributed by atoms with Crippen molar-refractivity contribution in [3.05, 3.63) is 0 Å². The fourth-order valence-corrected chi connectivity index (χ4v) is 1.42. The molecule has 0 saturated carbocycles. The third-order valence-corrected chi connectivity index (χ3v) is 2.14. The maximum Gasteiger partial charge on any atom is 0.393 e. The van der Waals surface area contributed by atoms with Crippen LogP contribution in [0.2, 0.25) is 0 Å². The van der Waals surface area contributed by atoms with E-state index < -0.39 is 24.0 Å². The van der Waals surface area contributed by atoms with Crippen LogP contribution in [0.1, 0.15) is 0 Å². The van der Waals surface area contributed by atoms with E-state index in [2.05, 4.69) is 10.1 Å². The molecule has 1 aliphatic rings. The van der Waals surface area contributed by atoms with Crippen LogP contribution in [0.15, 0.2) is 0 Å². The Labute approximate surface area is 73.2 Å². The summed E-state index contributed by atoms with van der Waals surface area (Å²) in [6, 6.07) is 0. The normalized spacial score (nSPS) is 28.9. The summed E-state index contributed by atoms with van der Waals surface area (Å²) in [4.78, 5) is 10.9. The first-order chi connectivity index (χ1) is 5.96. The Morgan fingerprint density at radius 1 is 1.46 bits per heavy atom. The van der Waals surface area contributed by atoms with Gasteiger partial charge in [0.25, 0.3) is 0 Å². The molecule has 3 nitrogen and oxygen atoms in total. The van der Waals surface area contributed by atoms with Crippen molar-refractivity contribution in [2.75, 3.05) is 20.2 Å². The molecule has 1 rings (SSSR count). The Hall–Kier alpha value is -0.780. The molecule has 1 unspecified atom stereocenters. The fraction of sp³-hybridized carbons (Fsp3) is 0.857. The zero-order chi connectivity index (χ0) is 10.1. The molecule has 1 saturated heterocycles. The van der Waals surface area contributed by atoms with Gasteiger partial charge in [-0.25, -0.2) is 0 Å². The molecule has 0 aromatic heterocycles. The highest BCUT2D eigenvalue weighted by Gasteiger charge is 2.50. The molecule has 2 atom stereocenters. The van der Waals surface area contributed by atoms with Gasteiger partial charge < -0.3 is 10.1 Å². The molecule has 0 spiro atoms. The van der Waals surface area contributed by atoms with Gasteiger partial charge in [-0.05, 0) is 0 Å². The zero-order valence-electron chi connectivity index (χ0n) is 7.02. The summed E-state index contributed by atoms with van der Waals surface area (Å²) < 4.78 is 41.1. The minimum Gasteiger partial charge on any atom is -0.469 e. The monoisotopic (exact) mass is 197 g/mol. The van der Waals surface area contributed by atoms with E-state index in [4.69, 9.17) is 0 Å². The van der Waals surface area contributed by atoms with Gasteiger partial charge in [-0.1, -0.05) is 0 Å². The molecule has 6 heteroatoms. The molecule has 1 N–H and O–H groups in total. The summed E-state index contributed by atoms with van der Waals surface area (Å²) in [5, 5.41) is 2.52. The van der Waals surface area contributed by atoms with Crippen LogP contribution in [0.3, 0.4) is 0 Å². The van der Waals surface area contributed by atoms with Crippen LogP contribution in [-0.2, 0) is 9.53 Å². The Balaban J connectivity index is 2.70. The van der Waals surface area contributed by atoms with Crippen molar-refractivity contribution in [2.45, 2.75) is 6.18 Å². The molecule has 0 bridgehead atoms. The number of methoxy groups -OCH3 is 1. The maximum atomic E-state index is 12.3.